The Labute approximate surface area is 98.2 Å². The van der Waals surface area contributed by atoms with Gasteiger partial charge in [0.25, 0.3) is 0 Å². The zero-order valence-corrected chi connectivity index (χ0v) is 10.8. The highest BCUT2D eigenvalue weighted by Gasteiger charge is 2.06. The van der Waals surface area contributed by atoms with Gasteiger partial charge in [0.05, 0.1) is 12.1 Å². The van der Waals surface area contributed by atoms with Crippen LogP contribution in [0.2, 0.25) is 0 Å². The summed E-state index contributed by atoms with van der Waals surface area (Å²) in [7, 11) is 0. The maximum Gasteiger partial charge on any atom is 0.146 e. The lowest BCUT2D eigenvalue weighted by molar-refractivity contribution is -0.119. The summed E-state index contributed by atoms with van der Waals surface area (Å²) in [4.78, 5) is 21.8. The van der Waals surface area contributed by atoms with Crippen LogP contribution in [0.15, 0.2) is 0 Å². The molecule has 0 fully saturated rings. The summed E-state index contributed by atoms with van der Waals surface area (Å²) in [5.41, 5.74) is 0. The Kier molecular flexibility index (Phi) is 8.03. The van der Waals surface area contributed by atoms with Crippen molar-refractivity contribution in [1.82, 2.24) is 10.6 Å². The highest BCUT2D eigenvalue weighted by atomic mass is 16.1. The number of rotatable bonds is 9. The minimum absolute atomic E-state index is 0.0518. The molecule has 0 aliphatic rings. The fourth-order valence-electron chi connectivity index (χ4n) is 1.17. The maximum atomic E-state index is 10.9. The van der Waals surface area contributed by atoms with E-state index < -0.39 is 0 Å². The van der Waals surface area contributed by atoms with Crippen molar-refractivity contribution in [3.8, 4) is 0 Å². The topological polar surface area (TPSA) is 58.2 Å². The number of hydrogen-bond acceptors (Lipinski definition) is 4. The molecule has 0 aromatic heterocycles. The molecule has 0 aliphatic carbocycles. The van der Waals surface area contributed by atoms with Crippen LogP contribution in [0, 0.1) is 0 Å². The third kappa shape index (κ3) is 7.54. The summed E-state index contributed by atoms with van der Waals surface area (Å²) in [5.74, 6) is 0.339. The molecule has 0 bridgehead atoms. The highest BCUT2D eigenvalue weighted by molar-refractivity contribution is 5.81. The van der Waals surface area contributed by atoms with Gasteiger partial charge in [-0.05, 0) is 53.6 Å². The number of carbonyl (C=O) groups is 2. The second-order valence-electron chi connectivity index (χ2n) is 4.28. The fourth-order valence-corrected chi connectivity index (χ4v) is 1.17. The minimum atomic E-state index is -0.0518. The van der Waals surface area contributed by atoms with Crippen molar-refractivity contribution < 1.29 is 9.59 Å². The molecule has 16 heavy (non-hydrogen) atoms. The number of carbonyl (C=O) groups excluding carboxylic acids is 2. The molecule has 0 radical (unpaired) electrons. The summed E-state index contributed by atoms with van der Waals surface area (Å²) in [5, 5.41) is 6.30. The molecular weight excluding hydrogens is 204 g/mol. The number of hydrogen-bond donors (Lipinski definition) is 2. The third-order valence-electron chi connectivity index (χ3n) is 2.72. The molecule has 0 rings (SSSR count). The Morgan fingerprint density at radius 2 is 1.19 bits per heavy atom. The highest BCUT2D eigenvalue weighted by Crippen LogP contribution is 1.90. The molecule has 0 heterocycles. The molecule has 2 unspecified atom stereocenters. The first-order valence-corrected chi connectivity index (χ1v) is 5.92. The predicted molar refractivity (Wildman–Crippen MR) is 65.5 cm³/mol. The average Bonchev–Trinajstić information content (AvgIpc) is 2.21. The summed E-state index contributed by atoms with van der Waals surface area (Å²) in [6.45, 7) is 8.62. The van der Waals surface area contributed by atoms with E-state index in [1.165, 1.54) is 0 Å². The molecule has 0 aromatic rings. The first-order chi connectivity index (χ1) is 7.45. The first kappa shape index (κ1) is 15.3. The van der Waals surface area contributed by atoms with Gasteiger partial charge in [0.2, 0.25) is 0 Å². The molecule has 0 saturated heterocycles. The second-order valence-corrected chi connectivity index (χ2v) is 4.28. The molecule has 0 aliphatic heterocycles. The molecule has 0 spiro atoms. The quantitative estimate of drug-likeness (QED) is 0.576. The normalized spacial score (nSPS) is 14.5. The first-order valence-electron chi connectivity index (χ1n) is 5.92. The standard InChI is InChI=1S/C12H24N2O2/c1-9(11(3)15)13-7-5-6-8-14-10(2)12(4)16/h9-10,13-14H,5-8H2,1-4H3. The average molecular weight is 228 g/mol. The van der Waals surface area contributed by atoms with E-state index in [1.807, 2.05) is 13.8 Å². The van der Waals surface area contributed by atoms with Crippen molar-refractivity contribution >= 4 is 11.6 Å². The lowest BCUT2D eigenvalue weighted by Gasteiger charge is -2.12. The van der Waals surface area contributed by atoms with E-state index in [0.29, 0.717) is 0 Å². The Bertz CT molecular complexity index is 205. The summed E-state index contributed by atoms with van der Waals surface area (Å²) in [6, 6.07) is -0.104. The van der Waals surface area contributed by atoms with Gasteiger partial charge in [-0.2, -0.15) is 0 Å². The van der Waals surface area contributed by atoms with Gasteiger partial charge in [0.1, 0.15) is 11.6 Å². The van der Waals surface area contributed by atoms with E-state index >= 15 is 0 Å². The molecule has 4 nitrogen and oxygen atoms in total. The summed E-state index contributed by atoms with van der Waals surface area (Å²) >= 11 is 0. The Morgan fingerprint density at radius 3 is 1.44 bits per heavy atom. The maximum absolute atomic E-state index is 10.9. The number of ketones is 2. The third-order valence-corrected chi connectivity index (χ3v) is 2.72. The monoisotopic (exact) mass is 228 g/mol. The lowest BCUT2D eigenvalue weighted by atomic mass is 10.2. The minimum Gasteiger partial charge on any atom is -0.308 e. The summed E-state index contributed by atoms with van der Waals surface area (Å²) in [6.07, 6.45) is 2.02. The second kappa shape index (κ2) is 8.42. The molecule has 94 valence electrons. The molecule has 2 atom stereocenters. The lowest BCUT2D eigenvalue weighted by Crippen LogP contribution is -2.35. The van der Waals surface area contributed by atoms with Crippen LogP contribution in [0.5, 0.6) is 0 Å². The van der Waals surface area contributed by atoms with Crippen molar-refractivity contribution in [2.75, 3.05) is 13.1 Å². The van der Waals surface area contributed by atoms with Crippen LogP contribution in [0.1, 0.15) is 40.5 Å². The number of nitrogens with one attached hydrogen (secondary N) is 2. The SMILES string of the molecule is CC(=O)C(C)NCCCCNC(C)C(C)=O. The van der Waals surface area contributed by atoms with Crippen LogP contribution in [-0.4, -0.2) is 36.7 Å². The number of unbranched alkanes of at least 4 members (excludes halogenated alkanes) is 1. The van der Waals surface area contributed by atoms with Crippen LogP contribution < -0.4 is 10.6 Å². The molecule has 2 N–H and O–H groups in total. The molecule has 0 aromatic carbocycles. The fraction of sp³-hybridized carbons (Fsp3) is 0.833. The van der Waals surface area contributed by atoms with Crippen molar-refractivity contribution in [2.24, 2.45) is 0 Å². The van der Waals surface area contributed by atoms with Gasteiger partial charge in [-0.1, -0.05) is 0 Å². The van der Waals surface area contributed by atoms with Crippen LogP contribution in [0.4, 0.5) is 0 Å². The number of Topliss-reactive ketones (excluding diaryl/α,β-unsaturated/α-hetero) is 2. The predicted octanol–water partition coefficient (Wildman–Crippen LogP) is 0.901. The van der Waals surface area contributed by atoms with Gasteiger partial charge in [-0.15, -0.1) is 0 Å². The van der Waals surface area contributed by atoms with Crippen molar-refractivity contribution in [2.45, 2.75) is 52.6 Å². The van der Waals surface area contributed by atoms with E-state index in [4.69, 9.17) is 0 Å². The molecular formula is C12H24N2O2. The van der Waals surface area contributed by atoms with E-state index in [1.54, 1.807) is 13.8 Å². The molecule has 4 heteroatoms. The summed E-state index contributed by atoms with van der Waals surface area (Å²) < 4.78 is 0. The smallest absolute Gasteiger partial charge is 0.146 e. The Morgan fingerprint density at radius 1 is 0.875 bits per heavy atom. The Balaban J connectivity index is 3.34. The van der Waals surface area contributed by atoms with Gasteiger partial charge in [-0.25, -0.2) is 0 Å². The van der Waals surface area contributed by atoms with Crippen molar-refractivity contribution in [3.63, 3.8) is 0 Å². The Hall–Kier alpha value is -0.740. The van der Waals surface area contributed by atoms with Crippen molar-refractivity contribution in [1.29, 1.82) is 0 Å². The van der Waals surface area contributed by atoms with E-state index in [-0.39, 0.29) is 23.7 Å². The van der Waals surface area contributed by atoms with Gasteiger partial charge < -0.3 is 10.6 Å². The molecule has 0 amide bonds. The van der Waals surface area contributed by atoms with Crippen LogP contribution in [0.25, 0.3) is 0 Å². The zero-order valence-electron chi connectivity index (χ0n) is 10.8. The zero-order chi connectivity index (χ0) is 12.6. The van der Waals surface area contributed by atoms with Gasteiger partial charge in [-0.3, -0.25) is 9.59 Å². The molecule has 0 saturated carbocycles. The van der Waals surface area contributed by atoms with Crippen LogP contribution in [-0.2, 0) is 9.59 Å². The largest absolute Gasteiger partial charge is 0.308 e. The van der Waals surface area contributed by atoms with E-state index in [9.17, 15) is 9.59 Å². The van der Waals surface area contributed by atoms with Crippen LogP contribution >= 0.6 is 0 Å². The van der Waals surface area contributed by atoms with Gasteiger partial charge >= 0.3 is 0 Å². The van der Waals surface area contributed by atoms with Crippen LogP contribution in [0.3, 0.4) is 0 Å². The van der Waals surface area contributed by atoms with Gasteiger partial charge in [0.15, 0.2) is 0 Å². The van der Waals surface area contributed by atoms with E-state index in [2.05, 4.69) is 10.6 Å². The van der Waals surface area contributed by atoms with E-state index in [0.717, 1.165) is 25.9 Å². The van der Waals surface area contributed by atoms with Gasteiger partial charge in [0, 0.05) is 0 Å². The van der Waals surface area contributed by atoms with Crippen molar-refractivity contribution in [3.05, 3.63) is 0 Å².